The molecule has 1 aromatic carbocycles. The van der Waals surface area contributed by atoms with E-state index in [1.54, 1.807) is 17.3 Å². The van der Waals surface area contributed by atoms with E-state index in [-0.39, 0.29) is 12.0 Å². The maximum atomic E-state index is 13.0. The van der Waals surface area contributed by atoms with Crippen LogP contribution >= 0.6 is 0 Å². The van der Waals surface area contributed by atoms with Gasteiger partial charge in [0.05, 0.1) is 13.2 Å². The third kappa shape index (κ3) is 2.65. The van der Waals surface area contributed by atoms with Gasteiger partial charge in [0.1, 0.15) is 17.6 Å². The normalized spacial score (nSPS) is 18.0. The highest BCUT2D eigenvalue weighted by Gasteiger charge is 2.29. The van der Waals surface area contributed by atoms with Crippen molar-refractivity contribution in [2.75, 3.05) is 19.7 Å². The van der Waals surface area contributed by atoms with Gasteiger partial charge in [-0.2, -0.15) is 0 Å². The lowest BCUT2D eigenvalue weighted by molar-refractivity contribution is -0.0265. The lowest BCUT2D eigenvalue weighted by atomic mass is 10.1. The fourth-order valence-electron chi connectivity index (χ4n) is 3.04. The number of H-pyrrole nitrogens is 1. The molecule has 24 heavy (non-hydrogen) atoms. The minimum absolute atomic E-state index is 0.0663. The van der Waals surface area contributed by atoms with E-state index in [0.717, 1.165) is 22.3 Å². The molecule has 3 heterocycles. The monoisotopic (exact) mass is 322 g/mol. The first-order valence-corrected chi connectivity index (χ1v) is 7.98. The molecule has 6 heteroatoms. The number of hydrogen-bond acceptors (Lipinski definition) is 4. The Morgan fingerprint density at radius 1 is 1.29 bits per heavy atom. The van der Waals surface area contributed by atoms with Gasteiger partial charge >= 0.3 is 0 Å². The Morgan fingerprint density at radius 3 is 3.00 bits per heavy atom. The number of aromatic nitrogens is 3. The molecule has 6 nitrogen and oxygen atoms in total. The van der Waals surface area contributed by atoms with Crippen LogP contribution in [0.1, 0.15) is 28.1 Å². The van der Waals surface area contributed by atoms with E-state index in [1.165, 1.54) is 0 Å². The summed E-state index contributed by atoms with van der Waals surface area (Å²) < 4.78 is 5.77. The summed E-state index contributed by atoms with van der Waals surface area (Å²) in [5.41, 5.74) is 1.47. The minimum atomic E-state index is -0.230. The van der Waals surface area contributed by atoms with Crippen LogP contribution in [-0.2, 0) is 4.74 Å². The number of imidazole rings is 1. The first-order valence-electron chi connectivity index (χ1n) is 7.98. The molecule has 0 bridgehead atoms. The van der Waals surface area contributed by atoms with Gasteiger partial charge in [-0.15, -0.1) is 0 Å². The molecule has 0 saturated carbocycles. The van der Waals surface area contributed by atoms with Gasteiger partial charge in [-0.05, 0) is 18.4 Å². The van der Waals surface area contributed by atoms with Crippen molar-refractivity contribution in [3.63, 3.8) is 0 Å². The van der Waals surface area contributed by atoms with E-state index in [9.17, 15) is 4.79 Å². The Kier molecular flexibility index (Phi) is 3.74. The highest BCUT2D eigenvalue weighted by atomic mass is 16.5. The summed E-state index contributed by atoms with van der Waals surface area (Å²) in [5, 5.41) is 1.89. The molecule has 1 amide bonds. The molecule has 122 valence electrons. The number of rotatable bonds is 2. The topological polar surface area (TPSA) is 71.1 Å². The van der Waals surface area contributed by atoms with Crippen molar-refractivity contribution < 1.29 is 9.53 Å². The molecule has 0 radical (unpaired) electrons. The summed E-state index contributed by atoms with van der Waals surface area (Å²) in [6.07, 6.45) is 3.22. The largest absolute Gasteiger partial charge is 0.367 e. The number of ether oxygens (including phenoxy) is 1. The van der Waals surface area contributed by atoms with Crippen molar-refractivity contribution in [1.82, 2.24) is 19.9 Å². The average molecular weight is 322 g/mol. The van der Waals surface area contributed by atoms with Crippen LogP contribution < -0.4 is 0 Å². The Hall–Kier alpha value is -2.73. The van der Waals surface area contributed by atoms with Crippen molar-refractivity contribution in [2.24, 2.45) is 0 Å². The Balaban J connectivity index is 1.61. The molecule has 1 fully saturated rings. The van der Waals surface area contributed by atoms with Gasteiger partial charge in [0.25, 0.3) is 5.91 Å². The number of amides is 1. The number of fused-ring (bicyclic) bond motifs is 1. The maximum Gasteiger partial charge on any atom is 0.273 e. The predicted molar refractivity (Wildman–Crippen MR) is 89.7 cm³/mol. The van der Waals surface area contributed by atoms with Crippen LogP contribution in [0, 0.1) is 6.92 Å². The van der Waals surface area contributed by atoms with E-state index in [2.05, 4.69) is 15.0 Å². The van der Waals surface area contributed by atoms with Crippen molar-refractivity contribution >= 4 is 16.7 Å². The molecule has 2 aromatic heterocycles. The highest BCUT2D eigenvalue weighted by Crippen LogP contribution is 2.23. The standard InChI is InChI=1S/C18H18N4O2/c1-12-10-20-17(21-12)15-11-22(8-9-24-15)18(23)16-14-5-3-2-4-13(14)6-7-19-16/h2-7,10,15H,8-9,11H2,1H3,(H,20,21)/t15-/m1/s1. The van der Waals surface area contributed by atoms with Crippen LogP contribution in [0.5, 0.6) is 0 Å². The summed E-state index contributed by atoms with van der Waals surface area (Å²) in [4.78, 5) is 26.6. The van der Waals surface area contributed by atoms with Crippen LogP contribution in [0.4, 0.5) is 0 Å². The van der Waals surface area contributed by atoms with Crippen LogP contribution in [-0.4, -0.2) is 45.5 Å². The fourth-order valence-corrected chi connectivity index (χ4v) is 3.04. The number of nitrogens with one attached hydrogen (secondary N) is 1. The minimum Gasteiger partial charge on any atom is -0.367 e. The number of benzene rings is 1. The zero-order chi connectivity index (χ0) is 16.5. The smallest absolute Gasteiger partial charge is 0.273 e. The molecule has 0 spiro atoms. The van der Waals surface area contributed by atoms with E-state index in [4.69, 9.17) is 4.74 Å². The third-order valence-electron chi connectivity index (χ3n) is 4.26. The molecular weight excluding hydrogens is 304 g/mol. The van der Waals surface area contributed by atoms with Crippen LogP contribution in [0.3, 0.4) is 0 Å². The number of carbonyl (C=O) groups is 1. The molecule has 3 aromatic rings. The second-order valence-corrected chi connectivity index (χ2v) is 5.94. The van der Waals surface area contributed by atoms with Crippen molar-refractivity contribution in [3.05, 3.63) is 59.9 Å². The summed E-state index contributed by atoms with van der Waals surface area (Å²) in [7, 11) is 0. The lowest BCUT2D eigenvalue weighted by Crippen LogP contribution is -2.42. The zero-order valence-electron chi connectivity index (χ0n) is 13.4. The predicted octanol–water partition coefficient (Wildman–Crippen LogP) is 2.48. The van der Waals surface area contributed by atoms with Gasteiger partial charge in [0, 0.05) is 30.0 Å². The van der Waals surface area contributed by atoms with Crippen molar-refractivity contribution in [1.29, 1.82) is 0 Å². The number of carbonyl (C=O) groups excluding carboxylic acids is 1. The molecular formula is C18H18N4O2. The van der Waals surface area contributed by atoms with Gasteiger partial charge in [-0.1, -0.05) is 24.3 Å². The van der Waals surface area contributed by atoms with E-state index < -0.39 is 0 Å². The van der Waals surface area contributed by atoms with Crippen molar-refractivity contribution in [2.45, 2.75) is 13.0 Å². The first kappa shape index (κ1) is 14.8. The molecule has 1 saturated heterocycles. The van der Waals surface area contributed by atoms with E-state index in [0.29, 0.717) is 25.4 Å². The first-order chi connectivity index (χ1) is 11.7. The molecule has 4 rings (SSSR count). The number of nitrogens with zero attached hydrogens (tertiary/aromatic N) is 3. The van der Waals surface area contributed by atoms with Crippen LogP contribution in [0.15, 0.2) is 42.7 Å². The van der Waals surface area contributed by atoms with Gasteiger partial charge in [0.15, 0.2) is 0 Å². The second kappa shape index (κ2) is 6.05. The van der Waals surface area contributed by atoms with Crippen LogP contribution in [0.2, 0.25) is 0 Å². The quantitative estimate of drug-likeness (QED) is 0.787. The second-order valence-electron chi connectivity index (χ2n) is 5.94. The number of aromatic amines is 1. The molecule has 0 aliphatic carbocycles. The number of hydrogen-bond donors (Lipinski definition) is 1. The third-order valence-corrected chi connectivity index (χ3v) is 4.26. The summed E-state index contributed by atoms with van der Waals surface area (Å²) in [6, 6.07) is 9.72. The maximum absolute atomic E-state index is 13.0. The molecule has 0 unspecified atom stereocenters. The Morgan fingerprint density at radius 2 is 2.17 bits per heavy atom. The highest BCUT2D eigenvalue weighted by molar-refractivity contribution is 6.05. The van der Waals surface area contributed by atoms with E-state index >= 15 is 0 Å². The van der Waals surface area contributed by atoms with Gasteiger partial charge in [-0.3, -0.25) is 9.78 Å². The summed E-state index contributed by atoms with van der Waals surface area (Å²) >= 11 is 0. The number of aryl methyl sites for hydroxylation is 1. The van der Waals surface area contributed by atoms with Crippen LogP contribution in [0.25, 0.3) is 10.8 Å². The average Bonchev–Trinajstić information content (AvgIpc) is 3.07. The fraction of sp³-hybridized carbons (Fsp3) is 0.278. The SMILES string of the molecule is Cc1cnc([C@H]2CN(C(=O)c3nccc4ccccc34)CCO2)[nH]1. The Bertz CT molecular complexity index is 884. The Labute approximate surface area is 139 Å². The number of morpholine rings is 1. The van der Waals surface area contributed by atoms with E-state index in [1.807, 2.05) is 37.3 Å². The summed E-state index contributed by atoms with van der Waals surface area (Å²) in [5.74, 6) is 0.694. The summed E-state index contributed by atoms with van der Waals surface area (Å²) in [6.45, 7) is 3.46. The van der Waals surface area contributed by atoms with Gasteiger partial charge < -0.3 is 14.6 Å². The van der Waals surface area contributed by atoms with Gasteiger partial charge in [0.2, 0.25) is 0 Å². The zero-order valence-corrected chi connectivity index (χ0v) is 13.4. The molecule has 1 atom stereocenters. The van der Waals surface area contributed by atoms with Crippen molar-refractivity contribution in [3.8, 4) is 0 Å². The van der Waals surface area contributed by atoms with Gasteiger partial charge in [-0.25, -0.2) is 4.98 Å². The molecule has 1 aliphatic heterocycles. The number of pyridine rings is 1. The lowest BCUT2D eigenvalue weighted by Gasteiger charge is -2.32. The molecule has 1 aliphatic rings. The molecule has 1 N–H and O–H groups in total.